The molecule has 0 unspecified atom stereocenters. The van der Waals surface area contributed by atoms with Gasteiger partial charge in [0.25, 0.3) is 0 Å². The zero-order chi connectivity index (χ0) is 11.3. The van der Waals surface area contributed by atoms with Crippen LogP contribution in [0.25, 0.3) is 0 Å². The highest BCUT2D eigenvalue weighted by Crippen LogP contribution is 2.58. The molecule has 0 saturated heterocycles. The van der Waals surface area contributed by atoms with Crippen LogP contribution in [0.15, 0.2) is 23.8 Å². The van der Waals surface area contributed by atoms with Gasteiger partial charge in [0.1, 0.15) is 0 Å². The van der Waals surface area contributed by atoms with Crippen LogP contribution in [0.2, 0.25) is 0 Å². The third-order valence-electron chi connectivity index (χ3n) is 5.10. The highest BCUT2D eigenvalue weighted by molar-refractivity contribution is 5.27. The molecule has 16 heavy (non-hydrogen) atoms. The van der Waals surface area contributed by atoms with E-state index < -0.39 is 0 Å². The van der Waals surface area contributed by atoms with Crippen LogP contribution in [0.1, 0.15) is 33.1 Å². The van der Waals surface area contributed by atoms with E-state index in [9.17, 15) is 5.11 Å². The van der Waals surface area contributed by atoms with Crippen molar-refractivity contribution in [3.63, 3.8) is 0 Å². The van der Waals surface area contributed by atoms with Crippen molar-refractivity contribution in [2.24, 2.45) is 29.6 Å². The number of hydrogen-bond acceptors (Lipinski definition) is 1. The standard InChI is InChI=1S/C15H22O/c1-9(10(2)16)6-11-7-12-8-15(11)14-5-3-4-13(12)14/h3,5-6,9-10,12-16H,4,7-8H2,1-2H3/b11-6+/t9-,10-,12-,13+,14+,15-/m1/s1. The summed E-state index contributed by atoms with van der Waals surface area (Å²) < 4.78 is 0. The van der Waals surface area contributed by atoms with Gasteiger partial charge in [-0.1, -0.05) is 30.7 Å². The van der Waals surface area contributed by atoms with E-state index in [1.165, 1.54) is 19.3 Å². The molecule has 6 atom stereocenters. The fourth-order valence-corrected chi connectivity index (χ4v) is 4.05. The van der Waals surface area contributed by atoms with E-state index in [0.717, 1.165) is 23.7 Å². The maximum Gasteiger partial charge on any atom is 0.0572 e. The minimum Gasteiger partial charge on any atom is -0.393 e. The van der Waals surface area contributed by atoms with Gasteiger partial charge in [-0.05, 0) is 55.8 Å². The van der Waals surface area contributed by atoms with Gasteiger partial charge >= 0.3 is 0 Å². The van der Waals surface area contributed by atoms with Crippen molar-refractivity contribution >= 4 is 0 Å². The van der Waals surface area contributed by atoms with Gasteiger partial charge in [-0.2, -0.15) is 0 Å². The van der Waals surface area contributed by atoms with Crippen LogP contribution in [-0.2, 0) is 0 Å². The van der Waals surface area contributed by atoms with Gasteiger partial charge in [-0.25, -0.2) is 0 Å². The molecule has 3 aliphatic rings. The van der Waals surface area contributed by atoms with Crippen LogP contribution >= 0.6 is 0 Å². The summed E-state index contributed by atoms with van der Waals surface area (Å²) in [6, 6.07) is 0. The van der Waals surface area contributed by atoms with E-state index in [1.807, 2.05) is 6.92 Å². The van der Waals surface area contributed by atoms with Crippen LogP contribution in [0.3, 0.4) is 0 Å². The predicted molar refractivity (Wildman–Crippen MR) is 65.9 cm³/mol. The lowest BCUT2D eigenvalue weighted by Gasteiger charge is -2.27. The predicted octanol–water partition coefficient (Wildman–Crippen LogP) is 3.16. The molecule has 0 radical (unpaired) electrons. The second kappa shape index (κ2) is 3.73. The minimum atomic E-state index is -0.207. The molecule has 0 amide bonds. The lowest BCUT2D eigenvalue weighted by Crippen LogP contribution is -2.20. The molecule has 0 heterocycles. The van der Waals surface area contributed by atoms with E-state index in [4.69, 9.17) is 0 Å². The number of hydrogen-bond donors (Lipinski definition) is 1. The maximum absolute atomic E-state index is 9.58. The zero-order valence-electron chi connectivity index (χ0n) is 10.3. The zero-order valence-corrected chi connectivity index (χ0v) is 10.3. The van der Waals surface area contributed by atoms with Crippen molar-refractivity contribution in [2.75, 3.05) is 0 Å². The van der Waals surface area contributed by atoms with Crippen molar-refractivity contribution in [3.05, 3.63) is 23.8 Å². The van der Waals surface area contributed by atoms with Crippen molar-refractivity contribution in [3.8, 4) is 0 Å². The van der Waals surface area contributed by atoms with Gasteiger partial charge < -0.3 is 5.11 Å². The Morgan fingerprint density at radius 3 is 3.00 bits per heavy atom. The van der Waals surface area contributed by atoms with Gasteiger partial charge in [0.2, 0.25) is 0 Å². The fourth-order valence-electron chi connectivity index (χ4n) is 4.05. The largest absolute Gasteiger partial charge is 0.393 e. The minimum absolute atomic E-state index is 0.207. The summed E-state index contributed by atoms with van der Waals surface area (Å²) in [5.41, 5.74) is 1.64. The molecule has 1 heteroatoms. The highest BCUT2D eigenvalue weighted by Gasteiger charge is 2.49. The lowest BCUT2D eigenvalue weighted by atomic mass is 9.78. The molecule has 2 bridgehead atoms. The smallest absolute Gasteiger partial charge is 0.0572 e. The Hall–Kier alpha value is -0.560. The van der Waals surface area contributed by atoms with Gasteiger partial charge in [0.15, 0.2) is 0 Å². The lowest BCUT2D eigenvalue weighted by molar-refractivity contribution is 0.156. The molecular weight excluding hydrogens is 196 g/mol. The van der Waals surface area contributed by atoms with E-state index in [2.05, 4.69) is 25.2 Å². The van der Waals surface area contributed by atoms with Crippen molar-refractivity contribution < 1.29 is 5.11 Å². The summed E-state index contributed by atoms with van der Waals surface area (Å²) in [4.78, 5) is 0. The maximum atomic E-state index is 9.58. The third kappa shape index (κ3) is 1.48. The Morgan fingerprint density at radius 2 is 2.25 bits per heavy atom. The van der Waals surface area contributed by atoms with Crippen LogP contribution in [0, 0.1) is 29.6 Å². The first kappa shape index (κ1) is 10.6. The molecule has 1 nitrogen and oxygen atoms in total. The topological polar surface area (TPSA) is 20.2 Å². The van der Waals surface area contributed by atoms with Crippen LogP contribution in [0.5, 0.6) is 0 Å². The van der Waals surface area contributed by atoms with Gasteiger partial charge in [0.05, 0.1) is 6.10 Å². The molecule has 0 spiro atoms. The molecule has 0 aromatic carbocycles. The summed E-state index contributed by atoms with van der Waals surface area (Å²) in [5.74, 6) is 3.88. The van der Waals surface area contributed by atoms with Crippen LogP contribution < -0.4 is 0 Å². The second-order valence-corrected chi connectivity index (χ2v) is 6.05. The van der Waals surface area contributed by atoms with E-state index in [0.29, 0.717) is 5.92 Å². The van der Waals surface area contributed by atoms with E-state index in [1.54, 1.807) is 5.57 Å². The summed E-state index contributed by atoms with van der Waals surface area (Å²) in [6.45, 7) is 4.03. The summed E-state index contributed by atoms with van der Waals surface area (Å²) >= 11 is 0. The number of aliphatic hydroxyl groups excluding tert-OH is 1. The molecule has 0 aliphatic heterocycles. The van der Waals surface area contributed by atoms with Gasteiger partial charge in [-0.15, -0.1) is 0 Å². The number of rotatable bonds is 2. The highest BCUT2D eigenvalue weighted by atomic mass is 16.3. The molecule has 3 aliphatic carbocycles. The van der Waals surface area contributed by atoms with Crippen LogP contribution in [-0.4, -0.2) is 11.2 Å². The molecule has 3 rings (SSSR count). The van der Waals surface area contributed by atoms with E-state index in [-0.39, 0.29) is 6.10 Å². The number of allylic oxidation sites excluding steroid dienone is 3. The Labute approximate surface area is 98.2 Å². The molecule has 2 saturated carbocycles. The monoisotopic (exact) mass is 218 g/mol. The van der Waals surface area contributed by atoms with Crippen molar-refractivity contribution in [2.45, 2.75) is 39.2 Å². The Balaban J connectivity index is 1.79. The van der Waals surface area contributed by atoms with Gasteiger partial charge in [-0.3, -0.25) is 0 Å². The van der Waals surface area contributed by atoms with Crippen molar-refractivity contribution in [1.29, 1.82) is 0 Å². The summed E-state index contributed by atoms with van der Waals surface area (Å²) in [6.07, 6.45) is 11.0. The van der Waals surface area contributed by atoms with Crippen LogP contribution in [0.4, 0.5) is 0 Å². The SMILES string of the molecule is C[C@H](/C=C1\C[C@@H]2C[C@H]1[C@H]1C=CC[C@@H]21)[C@@H](C)O. The first-order valence-corrected chi connectivity index (χ1v) is 6.72. The molecular formula is C15H22O. The number of aliphatic hydroxyl groups is 1. The molecule has 1 N–H and O–H groups in total. The first-order chi connectivity index (χ1) is 7.66. The number of fused-ring (bicyclic) bond motifs is 5. The fraction of sp³-hybridized carbons (Fsp3) is 0.733. The van der Waals surface area contributed by atoms with Gasteiger partial charge in [0, 0.05) is 0 Å². The Kier molecular flexibility index (Phi) is 2.47. The quantitative estimate of drug-likeness (QED) is 0.706. The Bertz CT molecular complexity index is 339. The first-order valence-electron chi connectivity index (χ1n) is 6.72. The summed E-state index contributed by atoms with van der Waals surface area (Å²) in [7, 11) is 0. The summed E-state index contributed by atoms with van der Waals surface area (Å²) in [5, 5.41) is 9.58. The normalized spacial score (nSPS) is 46.3. The molecule has 0 aromatic rings. The van der Waals surface area contributed by atoms with E-state index >= 15 is 0 Å². The molecule has 88 valence electrons. The average Bonchev–Trinajstić information content (AvgIpc) is 2.87. The third-order valence-corrected chi connectivity index (χ3v) is 5.10. The second-order valence-electron chi connectivity index (χ2n) is 6.05. The molecule has 0 aromatic heterocycles. The average molecular weight is 218 g/mol. The Morgan fingerprint density at radius 1 is 1.44 bits per heavy atom. The van der Waals surface area contributed by atoms with Crippen molar-refractivity contribution in [1.82, 2.24) is 0 Å². The molecule has 2 fully saturated rings.